The zero-order valence-corrected chi connectivity index (χ0v) is 10.7. The molecule has 1 aliphatic heterocycles. The second-order valence-corrected chi connectivity index (χ2v) is 5.40. The second kappa shape index (κ2) is 5.14. The molecule has 2 fully saturated rings. The molecule has 1 aliphatic carbocycles. The summed E-state index contributed by atoms with van der Waals surface area (Å²) in [5.74, 6) is 0.0839. The Morgan fingerprint density at radius 2 is 2.22 bits per heavy atom. The maximum absolute atomic E-state index is 12.3. The summed E-state index contributed by atoms with van der Waals surface area (Å²) in [7, 11) is 0. The van der Waals surface area contributed by atoms with E-state index < -0.39 is 0 Å². The van der Waals surface area contributed by atoms with Crippen LogP contribution in [0.3, 0.4) is 0 Å². The fourth-order valence-corrected chi connectivity index (χ4v) is 2.66. The minimum absolute atomic E-state index is 0.0839. The van der Waals surface area contributed by atoms with Crippen LogP contribution in [0.1, 0.15) is 48.6 Å². The molecule has 2 N–H and O–H groups in total. The Morgan fingerprint density at radius 3 is 3.06 bits per heavy atom. The minimum atomic E-state index is 0.0839. The molecule has 2 heterocycles. The van der Waals surface area contributed by atoms with Gasteiger partial charge >= 0.3 is 0 Å². The summed E-state index contributed by atoms with van der Waals surface area (Å²) < 4.78 is 2.12. The van der Waals surface area contributed by atoms with Gasteiger partial charge in [0, 0.05) is 24.8 Å². The lowest BCUT2D eigenvalue weighted by Gasteiger charge is -2.17. The van der Waals surface area contributed by atoms with Crippen molar-refractivity contribution in [1.29, 1.82) is 0 Å². The monoisotopic (exact) mass is 247 g/mol. The quantitative estimate of drug-likeness (QED) is 0.854. The fourth-order valence-electron chi connectivity index (χ4n) is 2.66. The largest absolute Gasteiger partial charge is 0.347 e. The van der Waals surface area contributed by atoms with Crippen LogP contribution in [0.15, 0.2) is 18.3 Å². The third-order valence-electron chi connectivity index (χ3n) is 3.83. The van der Waals surface area contributed by atoms with E-state index in [1.165, 1.54) is 25.7 Å². The Bertz CT molecular complexity index is 414. The van der Waals surface area contributed by atoms with Crippen molar-refractivity contribution in [2.45, 2.75) is 44.2 Å². The van der Waals surface area contributed by atoms with Crippen molar-refractivity contribution in [3.05, 3.63) is 24.0 Å². The standard InChI is InChI=1S/C14H21N3O/c18-14(16-11-4-1-2-8-15-10-11)13-5-3-9-17(13)12-6-7-12/h3,5,9,11-12,15H,1-2,4,6-8,10H2,(H,16,18). The van der Waals surface area contributed by atoms with Gasteiger partial charge in [-0.2, -0.15) is 0 Å². The van der Waals surface area contributed by atoms with Crippen LogP contribution in [0.5, 0.6) is 0 Å². The highest BCUT2D eigenvalue weighted by Gasteiger charge is 2.27. The number of nitrogens with zero attached hydrogens (tertiary/aromatic N) is 1. The Hall–Kier alpha value is -1.29. The van der Waals surface area contributed by atoms with Gasteiger partial charge in [-0.05, 0) is 44.4 Å². The minimum Gasteiger partial charge on any atom is -0.347 e. The normalized spacial score (nSPS) is 24.6. The molecule has 0 radical (unpaired) electrons. The van der Waals surface area contributed by atoms with Crippen molar-refractivity contribution in [2.75, 3.05) is 13.1 Å². The lowest BCUT2D eigenvalue weighted by atomic mass is 10.1. The van der Waals surface area contributed by atoms with Crippen LogP contribution in [0, 0.1) is 0 Å². The summed E-state index contributed by atoms with van der Waals surface area (Å²) >= 11 is 0. The molecule has 1 aromatic heterocycles. The van der Waals surface area contributed by atoms with Gasteiger partial charge in [0.15, 0.2) is 0 Å². The highest BCUT2D eigenvalue weighted by Crippen LogP contribution is 2.35. The zero-order chi connectivity index (χ0) is 12.4. The van der Waals surface area contributed by atoms with E-state index in [2.05, 4.69) is 15.2 Å². The maximum atomic E-state index is 12.3. The number of hydrogen-bond acceptors (Lipinski definition) is 2. The van der Waals surface area contributed by atoms with Crippen LogP contribution >= 0.6 is 0 Å². The van der Waals surface area contributed by atoms with E-state index in [1.54, 1.807) is 0 Å². The van der Waals surface area contributed by atoms with Gasteiger partial charge in [-0.1, -0.05) is 6.42 Å². The number of carbonyl (C=O) groups excluding carboxylic acids is 1. The molecular weight excluding hydrogens is 226 g/mol. The average molecular weight is 247 g/mol. The van der Waals surface area contributed by atoms with E-state index in [0.29, 0.717) is 6.04 Å². The SMILES string of the molecule is O=C(NC1CCCCNC1)c1cccn1C1CC1. The number of rotatable bonds is 3. The zero-order valence-electron chi connectivity index (χ0n) is 10.7. The summed E-state index contributed by atoms with van der Waals surface area (Å²) in [5, 5.41) is 6.54. The molecule has 1 unspecified atom stereocenters. The van der Waals surface area contributed by atoms with Gasteiger partial charge in [0.25, 0.3) is 5.91 Å². The molecule has 0 spiro atoms. The molecule has 1 atom stereocenters. The molecule has 1 amide bonds. The van der Waals surface area contributed by atoms with Crippen molar-refractivity contribution in [1.82, 2.24) is 15.2 Å². The Labute approximate surface area is 108 Å². The van der Waals surface area contributed by atoms with Gasteiger partial charge < -0.3 is 15.2 Å². The van der Waals surface area contributed by atoms with Crippen LogP contribution < -0.4 is 10.6 Å². The summed E-state index contributed by atoms with van der Waals surface area (Å²) in [6.07, 6.45) is 7.94. The summed E-state index contributed by atoms with van der Waals surface area (Å²) in [6, 6.07) is 4.74. The lowest BCUT2D eigenvalue weighted by Crippen LogP contribution is -2.41. The van der Waals surface area contributed by atoms with Gasteiger partial charge in [0.1, 0.15) is 5.69 Å². The molecular formula is C14H21N3O. The first kappa shape index (κ1) is 11.8. The number of aromatic nitrogens is 1. The predicted octanol–water partition coefficient (Wildman–Crippen LogP) is 1.69. The molecule has 0 aromatic carbocycles. The molecule has 98 valence electrons. The molecule has 0 bridgehead atoms. The fraction of sp³-hybridized carbons (Fsp3) is 0.643. The molecule has 2 aliphatic rings. The Balaban J connectivity index is 1.64. The van der Waals surface area contributed by atoms with Crippen molar-refractivity contribution < 1.29 is 4.79 Å². The lowest BCUT2D eigenvalue weighted by molar-refractivity contribution is 0.0926. The first-order chi connectivity index (χ1) is 8.84. The first-order valence-corrected chi connectivity index (χ1v) is 7.03. The van der Waals surface area contributed by atoms with Crippen LogP contribution in [-0.4, -0.2) is 29.6 Å². The molecule has 18 heavy (non-hydrogen) atoms. The van der Waals surface area contributed by atoms with E-state index in [1.807, 2.05) is 18.3 Å². The maximum Gasteiger partial charge on any atom is 0.268 e. The second-order valence-electron chi connectivity index (χ2n) is 5.40. The average Bonchev–Trinajstić information content (AvgIpc) is 3.14. The Morgan fingerprint density at radius 1 is 1.33 bits per heavy atom. The van der Waals surface area contributed by atoms with Crippen molar-refractivity contribution in [3.63, 3.8) is 0 Å². The summed E-state index contributed by atoms with van der Waals surface area (Å²) in [4.78, 5) is 12.3. The predicted molar refractivity (Wildman–Crippen MR) is 70.7 cm³/mol. The topological polar surface area (TPSA) is 46.1 Å². The third-order valence-corrected chi connectivity index (χ3v) is 3.83. The van der Waals surface area contributed by atoms with Crippen molar-refractivity contribution in [3.8, 4) is 0 Å². The summed E-state index contributed by atoms with van der Waals surface area (Å²) in [6.45, 7) is 1.97. The van der Waals surface area contributed by atoms with E-state index in [-0.39, 0.29) is 11.9 Å². The van der Waals surface area contributed by atoms with E-state index in [9.17, 15) is 4.79 Å². The molecule has 1 saturated heterocycles. The van der Waals surface area contributed by atoms with Gasteiger partial charge in [0.2, 0.25) is 0 Å². The molecule has 4 heteroatoms. The third kappa shape index (κ3) is 2.58. The number of carbonyl (C=O) groups is 1. The number of hydrogen-bond donors (Lipinski definition) is 2. The number of amides is 1. The van der Waals surface area contributed by atoms with Gasteiger partial charge in [-0.15, -0.1) is 0 Å². The number of nitrogens with one attached hydrogen (secondary N) is 2. The highest BCUT2D eigenvalue weighted by molar-refractivity contribution is 5.93. The van der Waals surface area contributed by atoms with Gasteiger partial charge in [-0.3, -0.25) is 4.79 Å². The molecule has 4 nitrogen and oxygen atoms in total. The summed E-state index contributed by atoms with van der Waals surface area (Å²) in [5.41, 5.74) is 0.821. The first-order valence-electron chi connectivity index (χ1n) is 7.03. The van der Waals surface area contributed by atoms with Crippen LogP contribution in [0.2, 0.25) is 0 Å². The van der Waals surface area contributed by atoms with Crippen molar-refractivity contribution >= 4 is 5.91 Å². The van der Waals surface area contributed by atoms with Gasteiger partial charge in [0.05, 0.1) is 0 Å². The highest BCUT2D eigenvalue weighted by atomic mass is 16.2. The molecule has 1 aromatic rings. The van der Waals surface area contributed by atoms with Crippen LogP contribution in [0.25, 0.3) is 0 Å². The molecule has 3 rings (SSSR count). The molecule has 1 saturated carbocycles. The van der Waals surface area contributed by atoms with Crippen LogP contribution in [0.4, 0.5) is 0 Å². The van der Waals surface area contributed by atoms with Crippen LogP contribution in [-0.2, 0) is 0 Å². The smallest absolute Gasteiger partial charge is 0.268 e. The van der Waals surface area contributed by atoms with Crippen molar-refractivity contribution in [2.24, 2.45) is 0 Å². The van der Waals surface area contributed by atoms with Gasteiger partial charge in [-0.25, -0.2) is 0 Å². The van der Waals surface area contributed by atoms with E-state index >= 15 is 0 Å². The van der Waals surface area contributed by atoms with E-state index in [4.69, 9.17) is 0 Å². The Kier molecular flexibility index (Phi) is 3.37. The van der Waals surface area contributed by atoms with E-state index in [0.717, 1.165) is 25.2 Å².